The summed E-state index contributed by atoms with van der Waals surface area (Å²) in [6.45, 7) is 11.4. The number of imide groups is 3. The fraction of sp³-hybridized carbons (Fsp3) is 0.750. The zero-order chi connectivity index (χ0) is 37.7. The molecule has 1 saturated carbocycles. The molecular formula is C36H54N6O9. The first-order valence-electron chi connectivity index (χ1n) is 18.4. The maximum absolute atomic E-state index is 13.4. The largest absolute Gasteiger partial charge is 0.354 e. The van der Waals surface area contributed by atoms with Crippen molar-refractivity contribution in [3.63, 3.8) is 0 Å². The van der Waals surface area contributed by atoms with E-state index in [4.69, 9.17) is 0 Å². The molecule has 4 aliphatic rings. The lowest BCUT2D eigenvalue weighted by molar-refractivity contribution is -0.141. The summed E-state index contributed by atoms with van der Waals surface area (Å²) in [5.74, 6) is -6.20. The molecule has 3 unspecified atom stereocenters. The van der Waals surface area contributed by atoms with Crippen LogP contribution in [0, 0.1) is 53.3 Å². The van der Waals surface area contributed by atoms with Crippen LogP contribution in [0.2, 0.25) is 0 Å². The number of likely N-dealkylation sites (tertiary alicyclic amines) is 3. The number of rotatable bonds is 15. The minimum atomic E-state index is -0.735. The van der Waals surface area contributed by atoms with Crippen LogP contribution in [0.1, 0.15) is 80.1 Å². The average Bonchev–Trinajstić information content (AvgIpc) is 3.65. The lowest BCUT2D eigenvalue weighted by atomic mass is 9.74. The predicted octanol–water partition coefficient (Wildman–Crippen LogP) is 0.461. The average molecular weight is 715 g/mol. The van der Waals surface area contributed by atoms with Crippen LogP contribution in [-0.4, -0.2) is 107 Å². The van der Waals surface area contributed by atoms with Crippen molar-refractivity contribution < 1.29 is 43.2 Å². The molecule has 3 atom stereocenters. The Morgan fingerprint density at radius 2 is 0.725 bits per heavy atom. The smallest absolute Gasteiger partial charge is 0.233 e. The molecule has 3 N–H and O–H groups in total. The third-order valence-corrected chi connectivity index (χ3v) is 11.0. The summed E-state index contributed by atoms with van der Waals surface area (Å²) in [4.78, 5) is 119. The van der Waals surface area contributed by atoms with E-state index in [9.17, 15) is 43.2 Å². The Balaban J connectivity index is 1.36. The Kier molecular flexibility index (Phi) is 13.1. The van der Waals surface area contributed by atoms with Crippen molar-refractivity contribution in [2.45, 2.75) is 80.1 Å². The van der Waals surface area contributed by atoms with Gasteiger partial charge in [-0.3, -0.25) is 57.9 Å². The second kappa shape index (κ2) is 16.9. The molecule has 15 heteroatoms. The first kappa shape index (κ1) is 39.6. The molecule has 3 heterocycles. The standard InChI is InChI=1S/C36H54N6O9/c1-19(2)25-16-28(43)40(34(25)49)10-7-37-31(46)22-13-23(32(47)38-8-11-41-29(44)17-26(20(3)4)35(41)50)15-24(14-22)33(48)39-9-12-42-30(45)18-27(21(5)6)36(42)51/h19-27H,7-18H2,1-6H3,(H,37,46)(H,38,47)(H,39,48)/t22-,23+,24-,25?,26?,27?. The highest BCUT2D eigenvalue weighted by Crippen LogP contribution is 2.35. The number of amides is 9. The van der Waals surface area contributed by atoms with Crippen molar-refractivity contribution in [3.05, 3.63) is 0 Å². The van der Waals surface area contributed by atoms with Gasteiger partial charge in [-0.15, -0.1) is 0 Å². The Morgan fingerprint density at radius 1 is 0.490 bits per heavy atom. The second-order valence-corrected chi connectivity index (χ2v) is 15.5. The Labute approximate surface area is 299 Å². The lowest BCUT2D eigenvalue weighted by Crippen LogP contribution is -2.47. The molecule has 1 aliphatic carbocycles. The van der Waals surface area contributed by atoms with Crippen molar-refractivity contribution in [2.24, 2.45) is 53.3 Å². The molecule has 0 bridgehead atoms. The summed E-state index contributed by atoms with van der Waals surface area (Å²) in [6, 6.07) is 0. The second-order valence-electron chi connectivity index (χ2n) is 15.5. The van der Waals surface area contributed by atoms with Crippen molar-refractivity contribution >= 4 is 53.2 Å². The first-order chi connectivity index (χ1) is 24.0. The summed E-state index contributed by atoms with van der Waals surface area (Å²) >= 11 is 0. The van der Waals surface area contributed by atoms with Gasteiger partial charge in [-0.25, -0.2) is 0 Å². The predicted molar refractivity (Wildman–Crippen MR) is 182 cm³/mol. The summed E-state index contributed by atoms with van der Waals surface area (Å²) in [7, 11) is 0. The molecule has 282 valence electrons. The van der Waals surface area contributed by atoms with Gasteiger partial charge in [0, 0.05) is 94.0 Å². The van der Waals surface area contributed by atoms with Crippen molar-refractivity contribution in [2.75, 3.05) is 39.3 Å². The molecule has 0 aromatic rings. The summed E-state index contributed by atoms with van der Waals surface area (Å²) < 4.78 is 0. The molecular weight excluding hydrogens is 660 g/mol. The molecule has 0 aromatic carbocycles. The number of carbonyl (C=O) groups excluding carboxylic acids is 9. The molecule has 4 rings (SSSR count). The zero-order valence-corrected chi connectivity index (χ0v) is 30.7. The van der Waals surface area contributed by atoms with E-state index in [2.05, 4.69) is 16.0 Å². The van der Waals surface area contributed by atoms with Gasteiger partial charge in [0.1, 0.15) is 0 Å². The van der Waals surface area contributed by atoms with Gasteiger partial charge >= 0.3 is 0 Å². The maximum Gasteiger partial charge on any atom is 0.233 e. The van der Waals surface area contributed by atoms with Crippen LogP contribution < -0.4 is 16.0 Å². The van der Waals surface area contributed by atoms with Crippen LogP contribution in [-0.2, 0) is 43.2 Å². The van der Waals surface area contributed by atoms with E-state index in [1.807, 2.05) is 41.5 Å². The topological polar surface area (TPSA) is 199 Å². The third-order valence-electron chi connectivity index (χ3n) is 11.0. The number of carbonyl (C=O) groups is 9. The summed E-state index contributed by atoms with van der Waals surface area (Å²) in [6.07, 6.45) is 0.834. The van der Waals surface area contributed by atoms with Crippen molar-refractivity contribution in [3.8, 4) is 0 Å². The molecule has 0 spiro atoms. The fourth-order valence-corrected chi connectivity index (χ4v) is 7.66. The Bertz CT molecular complexity index is 1250. The monoisotopic (exact) mass is 714 g/mol. The van der Waals surface area contributed by atoms with E-state index in [1.54, 1.807) is 0 Å². The Morgan fingerprint density at radius 3 is 0.922 bits per heavy atom. The SMILES string of the molecule is CC(C)C1CC(=O)N(CCNC(=O)[C@H]2C[C@@H](C(=O)NCCN3C(=O)CC(C(C)C)C3=O)C[C@@H](C(=O)NCCN3C(=O)CC(C(C)C)C3=O)C2)C1=O. The van der Waals surface area contributed by atoms with Gasteiger partial charge in [0.05, 0.1) is 0 Å². The molecule has 9 amide bonds. The molecule has 3 saturated heterocycles. The first-order valence-corrected chi connectivity index (χ1v) is 18.4. The van der Waals surface area contributed by atoms with Gasteiger partial charge < -0.3 is 16.0 Å². The molecule has 3 aliphatic heterocycles. The summed E-state index contributed by atoms with van der Waals surface area (Å²) in [5.41, 5.74) is 0. The molecule has 15 nitrogen and oxygen atoms in total. The molecule has 51 heavy (non-hydrogen) atoms. The highest BCUT2D eigenvalue weighted by Gasteiger charge is 2.43. The fourth-order valence-electron chi connectivity index (χ4n) is 7.66. The van der Waals surface area contributed by atoms with E-state index in [1.165, 1.54) is 0 Å². The van der Waals surface area contributed by atoms with Crippen molar-refractivity contribution in [1.82, 2.24) is 30.7 Å². The van der Waals surface area contributed by atoms with Crippen LogP contribution >= 0.6 is 0 Å². The van der Waals surface area contributed by atoms with E-state index < -0.39 is 35.5 Å². The third kappa shape index (κ3) is 9.20. The molecule has 0 aromatic heterocycles. The van der Waals surface area contributed by atoms with Crippen LogP contribution in [0.25, 0.3) is 0 Å². The zero-order valence-electron chi connectivity index (χ0n) is 30.7. The highest BCUT2D eigenvalue weighted by atomic mass is 16.2. The van der Waals surface area contributed by atoms with Crippen LogP contribution in [0.3, 0.4) is 0 Å². The van der Waals surface area contributed by atoms with Crippen molar-refractivity contribution in [1.29, 1.82) is 0 Å². The minimum absolute atomic E-state index is 0.0102. The van der Waals surface area contributed by atoms with Gasteiger partial charge in [0.2, 0.25) is 53.2 Å². The number of nitrogens with one attached hydrogen (secondary N) is 3. The highest BCUT2D eigenvalue weighted by molar-refractivity contribution is 6.05. The van der Waals surface area contributed by atoms with Gasteiger partial charge in [-0.05, 0) is 37.0 Å². The normalized spacial score (nSPS) is 27.1. The number of hydrogen-bond acceptors (Lipinski definition) is 9. The van der Waals surface area contributed by atoms with Crippen LogP contribution in [0.5, 0.6) is 0 Å². The molecule has 0 radical (unpaired) electrons. The maximum atomic E-state index is 13.4. The van der Waals surface area contributed by atoms with Gasteiger partial charge in [-0.1, -0.05) is 41.5 Å². The van der Waals surface area contributed by atoms with Crippen LogP contribution in [0.15, 0.2) is 0 Å². The Hall–Kier alpha value is -4.17. The minimum Gasteiger partial charge on any atom is -0.354 e. The van der Waals surface area contributed by atoms with E-state index in [0.717, 1.165) is 14.7 Å². The van der Waals surface area contributed by atoms with Gasteiger partial charge in [0.15, 0.2) is 0 Å². The van der Waals surface area contributed by atoms with Gasteiger partial charge in [0.25, 0.3) is 0 Å². The van der Waals surface area contributed by atoms with E-state index in [-0.39, 0.29) is 149 Å². The lowest BCUT2D eigenvalue weighted by Gasteiger charge is -2.33. The molecule has 4 fully saturated rings. The van der Waals surface area contributed by atoms with Gasteiger partial charge in [-0.2, -0.15) is 0 Å². The summed E-state index contributed by atoms with van der Waals surface area (Å²) in [5, 5.41) is 8.33. The van der Waals surface area contributed by atoms with E-state index in [0.29, 0.717) is 0 Å². The van der Waals surface area contributed by atoms with E-state index >= 15 is 0 Å². The quantitative estimate of drug-likeness (QED) is 0.202. The van der Waals surface area contributed by atoms with Crippen LogP contribution in [0.4, 0.5) is 0 Å². The number of nitrogens with zero attached hydrogens (tertiary/aromatic N) is 3. The number of hydrogen-bond donors (Lipinski definition) is 3.